The van der Waals surface area contributed by atoms with Gasteiger partial charge in [-0.2, -0.15) is 0 Å². The highest BCUT2D eigenvalue weighted by Gasteiger charge is 2.11. The highest BCUT2D eigenvalue weighted by Crippen LogP contribution is 2.17. The summed E-state index contributed by atoms with van der Waals surface area (Å²) in [6.07, 6.45) is 31.7. The number of esters is 2. The lowest BCUT2D eigenvalue weighted by Crippen LogP contribution is -2.16. The first kappa shape index (κ1) is 33.9. The Hall–Kier alpha value is -1.06. The van der Waals surface area contributed by atoms with Crippen LogP contribution in [0.4, 0.5) is 0 Å². The van der Waals surface area contributed by atoms with Crippen molar-refractivity contribution in [2.75, 3.05) is 7.11 Å². The topological polar surface area (TPSA) is 52.6 Å². The number of hydrogen-bond acceptors (Lipinski definition) is 4. The van der Waals surface area contributed by atoms with E-state index in [1.807, 2.05) is 0 Å². The minimum atomic E-state index is -0.122. The van der Waals surface area contributed by atoms with Crippen LogP contribution in [-0.2, 0) is 19.1 Å². The first-order valence-electron chi connectivity index (χ1n) is 15.3. The Morgan fingerprint density at radius 1 is 0.543 bits per heavy atom. The van der Waals surface area contributed by atoms with E-state index in [1.54, 1.807) is 0 Å². The van der Waals surface area contributed by atoms with E-state index in [9.17, 15) is 9.59 Å². The van der Waals surface area contributed by atoms with Gasteiger partial charge in [-0.1, -0.05) is 129 Å². The fraction of sp³-hybridized carbons (Fsp3) is 0.935. The second kappa shape index (κ2) is 27.5. The van der Waals surface area contributed by atoms with Crippen molar-refractivity contribution in [1.82, 2.24) is 0 Å². The Balaban J connectivity index is 3.27. The molecule has 0 bridgehead atoms. The monoisotopic (exact) mass is 496 g/mol. The summed E-state index contributed by atoms with van der Waals surface area (Å²) in [5, 5.41) is 0. The molecule has 0 N–H and O–H groups in total. The minimum Gasteiger partial charge on any atom is -0.469 e. The molecule has 0 fully saturated rings. The Morgan fingerprint density at radius 3 is 1.23 bits per heavy atom. The van der Waals surface area contributed by atoms with Crippen LogP contribution in [0.25, 0.3) is 0 Å². The van der Waals surface area contributed by atoms with Crippen LogP contribution in [0.15, 0.2) is 0 Å². The first-order valence-corrected chi connectivity index (χ1v) is 15.3. The summed E-state index contributed by atoms with van der Waals surface area (Å²) in [5.74, 6) is -0.194. The third-order valence-electron chi connectivity index (χ3n) is 7.10. The van der Waals surface area contributed by atoms with Crippen LogP contribution in [0.5, 0.6) is 0 Å². The zero-order valence-corrected chi connectivity index (χ0v) is 23.9. The fourth-order valence-electron chi connectivity index (χ4n) is 4.87. The third-order valence-corrected chi connectivity index (χ3v) is 7.10. The molecule has 0 aromatic heterocycles. The normalized spacial score (nSPS) is 12.0. The molecular formula is C31H60O4. The van der Waals surface area contributed by atoms with Crippen molar-refractivity contribution >= 4 is 11.9 Å². The van der Waals surface area contributed by atoms with E-state index in [1.165, 1.54) is 142 Å². The van der Waals surface area contributed by atoms with Gasteiger partial charge in [-0.25, -0.2) is 0 Å². The summed E-state index contributed by atoms with van der Waals surface area (Å²) in [6.45, 7) is 3.75. The van der Waals surface area contributed by atoms with Gasteiger partial charge in [0.05, 0.1) is 7.11 Å². The molecule has 0 aromatic carbocycles. The maximum absolute atomic E-state index is 11.3. The Kier molecular flexibility index (Phi) is 26.7. The summed E-state index contributed by atoms with van der Waals surface area (Å²) < 4.78 is 10.2. The quantitative estimate of drug-likeness (QED) is 0.0838. The maximum Gasteiger partial charge on any atom is 0.305 e. The van der Waals surface area contributed by atoms with Crippen molar-refractivity contribution in [3.8, 4) is 0 Å². The van der Waals surface area contributed by atoms with Gasteiger partial charge in [0.1, 0.15) is 6.10 Å². The van der Waals surface area contributed by atoms with E-state index < -0.39 is 0 Å². The van der Waals surface area contributed by atoms with Gasteiger partial charge in [-0.3, -0.25) is 9.59 Å². The van der Waals surface area contributed by atoms with E-state index in [-0.39, 0.29) is 18.0 Å². The molecule has 0 amide bonds. The molecule has 0 rings (SSSR count). The molecular weight excluding hydrogens is 436 g/mol. The second-order valence-electron chi connectivity index (χ2n) is 10.6. The molecule has 1 unspecified atom stereocenters. The van der Waals surface area contributed by atoms with E-state index >= 15 is 0 Å². The summed E-state index contributed by atoms with van der Waals surface area (Å²) in [5.41, 5.74) is 0. The zero-order chi connectivity index (χ0) is 25.8. The lowest BCUT2D eigenvalue weighted by atomic mass is 10.0. The standard InChI is InChI=1S/C31H60O4/c1-4-5-23-26-30(35-29(2)32)27-24-21-19-17-15-13-11-9-7-6-8-10-12-14-16-18-20-22-25-28-31(33)34-3/h30H,4-28H2,1-3H3. The highest BCUT2D eigenvalue weighted by molar-refractivity contribution is 5.68. The van der Waals surface area contributed by atoms with Crippen molar-refractivity contribution in [1.29, 1.82) is 0 Å². The molecule has 0 radical (unpaired) electrons. The van der Waals surface area contributed by atoms with Gasteiger partial charge in [0.15, 0.2) is 0 Å². The third kappa shape index (κ3) is 27.4. The molecule has 0 heterocycles. The molecule has 0 saturated heterocycles. The average molecular weight is 497 g/mol. The molecule has 4 nitrogen and oxygen atoms in total. The number of ether oxygens (including phenoxy) is 2. The Labute approximate surface area is 218 Å². The van der Waals surface area contributed by atoms with E-state index in [2.05, 4.69) is 11.7 Å². The fourth-order valence-corrected chi connectivity index (χ4v) is 4.87. The summed E-state index contributed by atoms with van der Waals surface area (Å²) >= 11 is 0. The van der Waals surface area contributed by atoms with Gasteiger partial charge < -0.3 is 9.47 Å². The first-order chi connectivity index (χ1) is 17.1. The smallest absolute Gasteiger partial charge is 0.305 e. The van der Waals surface area contributed by atoms with Crippen LogP contribution in [0.1, 0.15) is 174 Å². The van der Waals surface area contributed by atoms with Crippen LogP contribution < -0.4 is 0 Å². The maximum atomic E-state index is 11.3. The van der Waals surface area contributed by atoms with Gasteiger partial charge in [-0.15, -0.1) is 0 Å². The zero-order valence-electron chi connectivity index (χ0n) is 23.9. The number of methoxy groups -OCH3 is 1. The van der Waals surface area contributed by atoms with Crippen LogP contribution in [-0.4, -0.2) is 25.2 Å². The van der Waals surface area contributed by atoms with E-state index in [4.69, 9.17) is 4.74 Å². The van der Waals surface area contributed by atoms with E-state index in [0.717, 1.165) is 25.7 Å². The van der Waals surface area contributed by atoms with Gasteiger partial charge in [0, 0.05) is 13.3 Å². The van der Waals surface area contributed by atoms with Crippen molar-refractivity contribution < 1.29 is 19.1 Å². The molecule has 0 aliphatic heterocycles. The number of carbonyl (C=O) groups is 2. The predicted molar refractivity (Wildman–Crippen MR) is 149 cm³/mol. The van der Waals surface area contributed by atoms with Gasteiger partial charge >= 0.3 is 11.9 Å². The predicted octanol–water partition coefficient (Wildman–Crippen LogP) is 9.86. The van der Waals surface area contributed by atoms with Crippen LogP contribution in [0.3, 0.4) is 0 Å². The SMILES string of the molecule is CCCCCC(CCCCCCCCCCCCCCCCCCCCCC(=O)OC)OC(C)=O. The number of carbonyl (C=O) groups excluding carboxylic acids is 2. The molecule has 35 heavy (non-hydrogen) atoms. The van der Waals surface area contributed by atoms with Crippen molar-refractivity contribution in [2.24, 2.45) is 0 Å². The molecule has 1 atom stereocenters. The largest absolute Gasteiger partial charge is 0.469 e. The summed E-state index contributed by atoms with van der Waals surface area (Å²) in [6, 6.07) is 0. The number of hydrogen-bond donors (Lipinski definition) is 0. The molecule has 0 aliphatic rings. The highest BCUT2D eigenvalue weighted by atomic mass is 16.5. The van der Waals surface area contributed by atoms with Crippen molar-refractivity contribution in [3.05, 3.63) is 0 Å². The minimum absolute atomic E-state index is 0.0723. The molecule has 4 heteroatoms. The Morgan fingerprint density at radius 2 is 0.886 bits per heavy atom. The second-order valence-corrected chi connectivity index (χ2v) is 10.6. The molecule has 0 saturated carbocycles. The van der Waals surface area contributed by atoms with E-state index in [0.29, 0.717) is 6.42 Å². The van der Waals surface area contributed by atoms with Crippen LogP contribution in [0, 0.1) is 0 Å². The molecule has 208 valence electrons. The van der Waals surface area contributed by atoms with Gasteiger partial charge in [0.25, 0.3) is 0 Å². The number of unbranched alkanes of at least 4 members (excludes halogenated alkanes) is 20. The lowest BCUT2D eigenvalue weighted by Gasteiger charge is -2.16. The summed E-state index contributed by atoms with van der Waals surface area (Å²) in [4.78, 5) is 22.3. The Bertz CT molecular complexity index is 463. The molecule has 0 spiro atoms. The number of rotatable bonds is 27. The average Bonchev–Trinajstić information content (AvgIpc) is 2.84. The van der Waals surface area contributed by atoms with Crippen molar-refractivity contribution in [3.63, 3.8) is 0 Å². The van der Waals surface area contributed by atoms with Crippen molar-refractivity contribution in [2.45, 2.75) is 180 Å². The molecule has 0 aromatic rings. The van der Waals surface area contributed by atoms with Crippen LogP contribution >= 0.6 is 0 Å². The van der Waals surface area contributed by atoms with Gasteiger partial charge in [0.2, 0.25) is 0 Å². The summed E-state index contributed by atoms with van der Waals surface area (Å²) in [7, 11) is 1.47. The van der Waals surface area contributed by atoms with Crippen LogP contribution in [0.2, 0.25) is 0 Å². The lowest BCUT2D eigenvalue weighted by molar-refractivity contribution is -0.147. The molecule has 0 aliphatic carbocycles. The van der Waals surface area contributed by atoms with Gasteiger partial charge in [-0.05, 0) is 32.1 Å².